The smallest absolute Gasteiger partial charge is 0.376 e. The summed E-state index contributed by atoms with van der Waals surface area (Å²) in [6.45, 7) is 8.25. The highest BCUT2D eigenvalue weighted by Crippen LogP contribution is 2.28. The second kappa shape index (κ2) is 11.2. The van der Waals surface area contributed by atoms with Crippen molar-refractivity contribution in [2.75, 3.05) is 67.6 Å². The second-order valence-electron chi connectivity index (χ2n) is 7.30. The fourth-order valence-electron chi connectivity index (χ4n) is 3.35. The molecule has 2 aromatic rings. The number of hydrogen-bond donors (Lipinski definition) is 0. The minimum atomic E-state index is -0.467. The fourth-order valence-corrected chi connectivity index (χ4v) is 3.35. The molecule has 7 nitrogen and oxygen atoms in total. The molecule has 168 valence electrons. The van der Waals surface area contributed by atoms with E-state index in [9.17, 15) is 4.79 Å². The molecule has 7 heteroatoms. The van der Waals surface area contributed by atoms with Gasteiger partial charge in [-0.3, -0.25) is 5.01 Å². The van der Waals surface area contributed by atoms with E-state index < -0.39 is 5.97 Å². The first-order valence-corrected chi connectivity index (χ1v) is 10.7. The molecule has 0 unspecified atom stereocenters. The zero-order valence-electron chi connectivity index (χ0n) is 19.8. The van der Waals surface area contributed by atoms with Gasteiger partial charge in [0.25, 0.3) is 0 Å². The molecule has 0 heterocycles. The number of carbonyl (C=O) groups is 1. The van der Waals surface area contributed by atoms with E-state index in [1.165, 1.54) is 0 Å². The zero-order valence-corrected chi connectivity index (χ0v) is 19.8. The maximum atomic E-state index is 12.8. The van der Waals surface area contributed by atoms with Crippen LogP contribution in [0, 0.1) is 0 Å². The van der Waals surface area contributed by atoms with Crippen LogP contribution in [0.5, 0.6) is 0 Å². The Labute approximate surface area is 186 Å². The van der Waals surface area contributed by atoms with Gasteiger partial charge in [0.2, 0.25) is 5.84 Å². The number of amidine groups is 1. The van der Waals surface area contributed by atoms with Crippen LogP contribution in [-0.2, 0) is 9.53 Å². The largest absolute Gasteiger partial charge is 0.460 e. The number of para-hydroxylation sites is 2. The van der Waals surface area contributed by atoms with Crippen molar-refractivity contribution in [3.63, 3.8) is 0 Å². The van der Waals surface area contributed by atoms with Crippen molar-refractivity contribution in [2.45, 2.75) is 20.8 Å². The number of benzene rings is 2. The lowest BCUT2D eigenvalue weighted by molar-refractivity contribution is -0.135. The molecule has 0 aliphatic carbocycles. The molecular formula is C24H35N5O2. The molecule has 0 saturated carbocycles. The molecular weight excluding hydrogens is 390 g/mol. The van der Waals surface area contributed by atoms with E-state index in [1.54, 1.807) is 16.8 Å². The molecule has 0 aliphatic rings. The predicted molar refractivity (Wildman–Crippen MR) is 132 cm³/mol. The van der Waals surface area contributed by atoms with Crippen LogP contribution in [-0.4, -0.2) is 59.7 Å². The van der Waals surface area contributed by atoms with Gasteiger partial charge in [0.15, 0.2) is 0 Å². The summed E-state index contributed by atoms with van der Waals surface area (Å²) in [5.41, 5.74) is 3.89. The van der Waals surface area contributed by atoms with E-state index in [1.807, 2.05) is 69.5 Å². The minimum absolute atomic E-state index is 0.214. The van der Waals surface area contributed by atoms with Gasteiger partial charge < -0.3 is 19.4 Å². The Morgan fingerprint density at radius 3 is 1.90 bits per heavy atom. The Bertz CT molecular complexity index is 876. The van der Waals surface area contributed by atoms with E-state index in [0.29, 0.717) is 0 Å². The summed E-state index contributed by atoms with van der Waals surface area (Å²) in [6, 6.07) is 16.0. The van der Waals surface area contributed by atoms with Gasteiger partial charge >= 0.3 is 5.97 Å². The quantitative estimate of drug-likeness (QED) is 0.275. The van der Waals surface area contributed by atoms with Crippen molar-refractivity contribution in [1.29, 1.82) is 0 Å². The number of hydrazone groups is 1. The lowest BCUT2D eigenvalue weighted by Gasteiger charge is -2.27. The van der Waals surface area contributed by atoms with Crippen molar-refractivity contribution in [1.82, 2.24) is 0 Å². The maximum absolute atomic E-state index is 12.8. The van der Waals surface area contributed by atoms with Crippen LogP contribution in [0.4, 0.5) is 22.7 Å². The molecule has 0 aliphatic heterocycles. The molecule has 0 atom stereocenters. The van der Waals surface area contributed by atoms with E-state index >= 15 is 0 Å². The van der Waals surface area contributed by atoms with Crippen LogP contribution in [0.25, 0.3) is 0 Å². The molecule has 0 N–H and O–H groups in total. The molecule has 0 spiro atoms. The van der Waals surface area contributed by atoms with Crippen LogP contribution in [0.1, 0.15) is 20.8 Å². The van der Waals surface area contributed by atoms with Gasteiger partial charge in [0.1, 0.15) is 0 Å². The van der Waals surface area contributed by atoms with Gasteiger partial charge in [0, 0.05) is 47.0 Å². The SMILES string of the molecule is CCOC(=O)/C(=N\N(C)c1ccc(N(CC)CC)cc1)N(C)c1ccccc1N(C)C. The van der Waals surface area contributed by atoms with E-state index in [2.05, 4.69) is 36.0 Å². The zero-order chi connectivity index (χ0) is 23.0. The molecule has 2 aromatic carbocycles. The standard InChI is InChI=1S/C24H35N5O2/c1-8-29(9-2)20-17-15-19(16-18-20)28(7)25-23(24(30)31-10-3)27(6)22-14-12-11-13-21(22)26(4)5/h11-18H,8-10H2,1-7H3/b25-23+. The number of esters is 1. The monoisotopic (exact) mass is 425 g/mol. The first kappa shape index (κ1) is 24.1. The average molecular weight is 426 g/mol. The topological polar surface area (TPSA) is 51.6 Å². The fraction of sp³-hybridized carbons (Fsp3) is 0.417. The van der Waals surface area contributed by atoms with Crippen molar-refractivity contribution >= 4 is 34.6 Å². The van der Waals surface area contributed by atoms with E-state index in [4.69, 9.17) is 4.74 Å². The van der Waals surface area contributed by atoms with Crippen molar-refractivity contribution in [3.05, 3.63) is 48.5 Å². The Kier molecular flexibility index (Phi) is 8.73. The summed E-state index contributed by atoms with van der Waals surface area (Å²) in [4.78, 5) is 18.8. The number of carbonyl (C=O) groups excluding carboxylic acids is 1. The number of hydrogen-bond acceptors (Lipinski definition) is 6. The maximum Gasteiger partial charge on any atom is 0.376 e. The molecule has 2 rings (SSSR count). The van der Waals surface area contributed by atoms with E-state index in [-0.39, 0.29) is 12.4 Å². The normalized spacial score (nSPS) is 11.1. The molecule has 0 bridgehead atoms. The van der Waals surface area contributed by atoms with Gasteiger partial charge in [-0.2, -0.15) is 0 Å². The van der Waals surface area contributed by atoms with Crippen molar-refractivity contribution in [2.24, 2.45) is 5.10 Å². The summed E-state index contributed by atoms with van der Waals surface area (Å²) in [7, 11) is 7.60. The summed E-state index contributed by atoms with van der Waals surface area (Å²) in [6.07, 6.45) is 0. The highest BCUT2D eigenvalue weighted by molar-refractivity contribution is 6.41. The van der Waals surface area contributed by atoms with E-state index in [0.717, 1.165) is 35.8 Å². The Balaban J connectivity index is 2.40. The summed E-state index contributed by atoms with van der Waals surface area (Å²) in [5.74, 6) is -0.253. The number of ether oxygens (including phenoxy) is 1. The summed E-state index contributed by atoms with van der Waals surface area (Å²) < 4.78 is 5.31. The predicted octanol–water partition coefficient (Wildman–Crippen LogP) is 4.05. The Hall–Kier alpha value is -3.22. The lowest BCUT2D eigenvalue weighted by Crippen LogP contribution is -2.37. The number of rotatable bonds is 8. The molecule has 0 amide bonds. The molecule has 0 radical (unpaired) electrons. The minimum Gasteiger partial charge on any atom is -0.460 e. The van der Waals surface area contributed by atoms with Gasteiger partial charge in [0.05, 0.1) is 23.7 Å². The van der Waals surface area contributed by atoms with Gasteiger partial charge in [-0.1, -0.05) is 12.1 Å². The third-order valence-corrected chi connectivity index (χ3v) is 5.10. The van der Waals surface area contributed by atoms with Gasteiger partial charge in [-0.15, -0.1) is 5.10 Å². The third-order valence-electron chi connectivity index (χ3n) is 5.10. The Morgan fingerprint density at radius 1 is 0.839 bits per heavy atom. The summed E-state index contributed by atoms with van der Waals surface area (Å²) >= 11 is 0. The van der Waals surface area contributed by atoms with Crippen LogP contribution in [0.3, 0.4) is 0 Å². The molecule has 0 fully saturated rings. The van der Waals surface area contributed by atoms with Crippen LogP contribution >= 0.6 is 0 Å². The summed E-state index contributed by atoms with van der Waals surface area (Å²) in [5, 5.41) is 6.33. The highest BCUT2D eigenvalue weighted by Gasteiger charge is 2.23. The molecule has 0 saturated heterocycles. The van der Waals surface area contributed by atoms with Crippen LogP contribution in [0.15, 0.2) is 53.6 Å². The number of anilines is 4. The highest BCUT2D eigenvalue weighted by atomic mass is 16.5. The third kappa shape index (κ3) is 5.90. The van der Waals surface area contributed by atoms with Crippen molar-refractivity contribution in [3.8, 4) is 0 Å². The van der Waals surface area contributed by atoms with Crippen LogP contribution in [0.2, 0.25) is 0 Å². The van der Waals surface area contributed by atoms with Gasteiger partial charge in [-0.25, -0.2) is 4.79 Å². The molecule has 0 aromatic heterocycles. The van der Waals surface area contributed by atoms with Gasteiger partial charge in [-0.05, 0) is 57.2 Å². The average Bonchev–Trinajstić information content (AvgIpc) is 2.78. The van der Waals surface area contributed by atoms with Crippen LogP contribution < -0.4 is 19.7 Å². The lowest BCUT2D eigenvalue weighted by atomic mass is 10.2. The number of likely N-dealkylation sites (N-methyl/N-ethyl adjacent to an activating group) is 1. The number of nitrogens with zero attached hydrogens (tertiary/aromatic N) is 5. The molecule has 31 heavy (non-hydrogen) atoms. The van der Waals surface area contributed by atoms with Crippen molar-refractivity contribution < 1.29 is 9.53 Å². The second-order valence-corrected chi connectivity index (χ2v) is 7.30. The first-order valence-electron chi connectivity index (χ1n) is 10.7. The first-order chi connectivity index (χ1) is 14.8. The Morgan fingerprint density at radius 2 is 1.39 bits per heavy atom.